The highest BCUT2D eigenvalue weighted by Gasteiger charge is 2.47. The number of nitrogens with zero attached hydrogens (tertiary/aromatic N) is 2. The molecule has 3 atom stereocenters. The Kier molecular flexibility index (Phi) is 5.74. The number of esters is 2. The quantitative estimate of drug-likeness (QED) is 0.414. The number of hydrogen-bond donors (Lipinski definition) is 0. The van der Waals surface area contributed by atoms with E-state index in [-0.39, 0.29) is 17.9 Å². The monoisotopic (exact) mass is 456 g/mol. The Morgan fingerprint density at radius 2 is 1.76 bits per heavy atom. The average Bonchev–Trinajstić information content (AvgIpc) is 3.17. The van der Waals surface area contributed by atoms with Crippen molar-refractivity contribution >= 4 is 22.8 Å². The Labute approximate surface area is 199 Å². The molecule has 1 aliphatic heterocycles. The highest BCUT2D eigenvalue weighted by molar-refractivity contribution is 5.93. The van der Waals surface area contributed by atoms with Gasteiger partial charge in [-0.25, -0.2) is 4.79 Å². The third-order valence-electron chi connectivity index (χ3n) is 7.12. The van der Waals surface area contributed by atoms with Gasteiger partial charge in [0.2, 0.25) is 0 Å². The predicted molar refractivity (Wildman–Crippen MR) is 130 cm³/mol. The molecule has 2 bridgehead atoms. The maximum absolute atomic E-state index is 13.2. The Balaban J connectivity index is 1.71. The van der Waals surface area contributed by atoms with Crippen molar-refractivity contribution in [1.82, 2.24) is 9.47 Å². The lowest BCUT2D eigenvalue weighted by Gasteiger charge is -2.45. The Morgan fingerprint density at radius 1 is 1.03 bits per heavy atom. The van der Waals surface area contributed by atoms with E-state index < -0.39 is 11.9 Å². The maximum atomic E-state index is 13.2. The van der Waals surface area contributed by atoms with Gasteiger partial charge < -0.3 is 18.9 Å². The molecule has 0 spiro atoms. The number of carbonyl (C=O) groups is 2. The molecule has 5 rings (SSSR count). The molecule has 6 nitrogen and oxygen atoms in total. The van der Waals surface area contributed by atoms with Crippen molar-refractivity contribution in [2.45, 2.75) is 24.9 Å². The molecule has 0 saturated carbocycles. The van der Waals surface area contributed by atoms with E-state index in [1.165, 1.54) is 25.9 Å². The first kappa shape index (κ1) is 22.0. The number of carbonyl (C=O) groups excluding carboxylic acids is 2. The van der Waals surface area contributed by atoms with Crippen LogP contribution in [0.5, 0.6) is 0 Å². The molecule has 6 heteroatoms. The van der Waals surface area contributed by atoms with Crippen LogP contribution in [0.1, 0.15) is 35.2 Å². The minimum Gasteiger partial charge on any atom is -0.469 e. The molecule has 0 amide bonds. The van der Waals surface area contributed by atoms with Gasteiger partial charge in [-0.2, -0.15) is 0 Å². The standard InChI is InChI=1S/C28H28N2O4/c1-29-22-12-8-7-11-20(22)25-26(28(32)34-3)21-15-23(27(25)29)30(16-18-9-5-4-6-10-18)17-19(21)13-14-24(31)33-2/h4-14,17,21,23,26H,15-16H2,1-3H3/b14-13+/t21-,23-,26-/m0/s1. The largest absolute Gasteiger partial charge is 0.469 e. The van der Waals surface area contributed by atoms with Crippen LogP contribution in [0.2, 0.25) is 0 Å². The number of methoxy groups -OCH3 is 2. The van der Waals surface area contributed by atoms with E-state index >= 15 is 0 Å². The fourth-order valence-electron chi connectivity index (χ4n) is 5.62. The summed E-state index contributed by atoms with van der Waals surface area (Å²) in [4.78, 5) is 27.4. The van der Waals surface area contributed by atoms with Crippen LogP contribution in [0.15, 0.2) is 78.5 Å². The van der Waals surface area contributed by atoms with E-state index in [1.54, 1.807) is 6.08 Å². The van der Waals surface area contributed by atoms with Crippen molar-refractivity contribution in [3.63, 3.8) is 0 Å². The van der Waals surface area contributed by atoms with Crippen LogP contribution in [-0.2, 0) is 32.7 Å². The SMILES string of the molecule is COC(=O)/C=C/C1=CN(Cc2ccccc2)[C@H]2C[C@@H]1[C@H](C(=O)OC)c1c2n(C)c2ccccc12. The van der Waals surface area contributed by atoms with Gasteiger partial charge in [-0.15, -0.1) is 0 Å². The fourth-order valence-corrected chi connectivity index (χ4v) is 5.62. The number of ether oxygens (including phenoxy) is 2. The molecule has 3 aromatic rings. The topological polar surface area (TPSA) is 60.8 Å². The molecular formula is C28H28N2O4. The number of hydrogen-bond acceptors (Lipinski definition) is 5. The van der Waals surface area contributed by atoms with Gasteiger partial charge >= 0.3 is 11.9 Å². The second kappa shape index (κ2) is 8.86. The Bertz CT molecular complexity index is 1300. The van der Waals surface area contributed by atoms with Crippen molar-refractivity contribution in [2.75, 3.05) is 14.2 Å². The second-order valence-electron chi connectivity index (χ2n) is 8.88. The van der Waals surface area contributed by atoms with Crippen LogP contribution >= 0.6 is 0 Å². The van der Waals surface area contributed by atoms with Crippen LogP contribution in [0, 0.1) is 5.92 Å². The highest BCUT2D eigenvalue weighted by atomic mass is 16.5. The van der Waals surface area contributed by atoms with Crippen molar-refractivity contribution < 1.29 is 19.1 Å². The van der Waals surface area contributed by atoms with Crippen LogP contribution in [0.3, 0.4) is 0 Å². The summed E-state index contributed by atoms with van der Waals surface area (Å²) in [5, 5.41) is 1.07. The summed E-state index contributed by atoms with van der Waals surface area (Å²) in [6, 6.07) is 18.6. The molecule has 1 aliphatic carbocycles. The van der Waals surface area contributed by atoms with E-state index in [0.29, 0.717) is 0 Å². The Hall–Kier alpha value is -3.80. The number of aromatic nitrogens is 1. The van der Waals surface area contributed by atoms with Gasteiger partial charge in [-0.05, 0) is 29.2 Å². The van der Waals surface area contributed by atoms with E-state index in [4.69, 9.17) is 9.47 Å². The molecule has 2 aromatic carbocycles. The maximum Gasteiger partial charge on any atom is 0.330 e. The summed E-state index contributed by atoms with van der Waals surface area (Å²) < 4.78 is 12.4. The summed E-state index contributed by atoms with van der Waals surface area (Å²) >= 11 is 0. The second-order valence-corrected chi connectivity index (χ2v) is 8.88. The van der Waals surface area contributed by atoms with Gasteiger partial charge in [0.15, 0.2) is 0 Å². The molecule has 0 N–H and O–H groups in total. The number of benzene rings is 2. The summed E-state index contributed by atoms with van der Waals surface area (Å²) in [6.07, 6.45) is 6.07. The zero-order valence-electron chi connectivity index (χ0n) is 19.6. The zero-order valence-corrected chi connectivity index (χ0v) is 19.6. The van der Waals surface area contributed by atoms with Crippen LogP contribution in [0.4, 0.5) is 0 Å². The van der Waals surface area contributed by atoms with Crippen LogP contribution in [0.25, 0.3) is 10.9 Å². The van der Waals surface area contributed by atoms with Crippen molar-refractivity contribution in [1.29, 1.82) is 0 Å². The first-order valence-corrected chi connectivity index (χ1v) is 11.5. The van der Waals surface area contributed by atoms with Crippen LogP contribution < -0.4 is 0 Å². The van der Waals surface area contributed by atoms with Gasteiger partial charge in [-0.1, -0.05) is 54.6 Å². The lowest BCUT2D eigenvalue weighted by atomic mass is 9.69. The molecule has 0 saturated heterocycles. The lowest BCUT2D eigenvalue weighted by molar-refractivity contribution is -0.144. The minimum absolute atomic E-state index is 0.0915. The summed E-state index contributed by atoms with van der Waals surface area (Å²) in [7, 11) is 4.88. The van der Waals surface area contributed by atoms with E-state index in [2.05, 4.69) is 47.0 Å². The van der Waals surface area contributed by atoms with Crippen molar-refractivity contribution in [2.24, 2.45) is 13.0 Å². The normalized spacial score (nSPS) is 21.3. The number of para-hydroxylation sites is 1. The average molecular weight is 457 g/mol. The molecule has 2 aliphatic rings. The molecule has 0 radical (unpaired) electrons. The summed E-state index contributed by atoms with van der Waals surface area (Å²) in [5.74, 6) is -1.23. The smallest absolute Gasteiger partial charge is 0.330 e. The summed E-state index contributed by atoms with van der Waals surface area (Å²) in [5.41, 5.74) is 5.40. The lowest BCUT2D eigenvalue weighted by Crippen LogP contribution is -2.40. The molecule has 1 aromatic heterocycles. The molecule has 0 unspecified atom stereocenters. The van der Waals surface area contributed by atoms with E-state index in [0.717, 1.165) is 40.7 Å². The van der Waals surface area contributed by atoms with Gasteiger partial charge in [-0.3, -0.25) is 4.79 Å². The number of allylic oxidation sites excluding steroid dienone is 2. The van der Waals surface area contributed by atoms with Gasteiger partial charge in [0.25, 0.3) is 0 Å². The molecule has 34 heavy (non-hydrogen) atoms. The number of rotatable bonds is 5. The van der Waals surface area contributed by atoms with Gasteiger partial charge in [0.05, 0.1) is 26.2 Å². The third kappa shape index (κ3) is 3.59. The van der Waals surface area contributed by atoms with Gasteiger partial charge in [0.1, 0.15) is 0 Å². The fraction of sp³-hybridized carbons (Fsp3) is 0.286. The Morgan fingerprint density at radius 3 is 2.50 bits per heavy atom. The minimum atomic E-state index is -0.449. The van der Waals surface area contributed by atoms with Crippen molar-refractivity contribution in [3.8, 4) is 0 Å². The van der Waals surface area contributed by atoms with Crippen molar-refractivity contribution in [3.05, 3.63) is 95.3 Å². The first-order chi connectivity index (χ1) is 16.5. The highest BCUT2D eigenvalue weighted by Crippen LogP contribution is 2.53. The van der Waals surface area contributed by atoms with E-state index in [1.807, 2.05) is 30.3 Å². The van der Waals surface area contributed by atoms with Gasteiger partial charge in [0, 0.05) is 48.4 Å². The predicted octanol–water partition coefficient (Wildman–Crippen LogP) is 4.62. The van der Waals surface area contributed by atoms with Crippen LogP contribution in [-0.4, -0.2) is 35.6 Å². The third-order valence-corrected chi connectivity index (χ3v) is 7.12. The number of fused-ring (bicyclic) bond motifs is 6. The zero-order chi connectivity index (χ0) is 23.8. The molecule has 2 heterocycles. The first-order valence-electron chi connectivity index (χ1n) is 11.5. The molecule has 174 valence electrons. The summed E-state index contributed by atoms with van der Waals surface area (Å²) in [6.45, 7) is 0.720. The molecule has 0 fully saturated rings. The van der Waals surface area contributed by atoms with E-state index in [9.17, 15) is 9.59 Å². The number of aryl methyl sites for hydroxylation is 1. The molecular weight excluding hydrogens is 428 g/mol.